The quantitative estimate of drug-likeness (QED) is 0.856. The van der Waals surface area contributed by atoms with Gasteiger partial charge in [0.15, 0.2) is 6.10 Å². The van der Waals surface area contributed by atoms with Crippen LogP contribution < -0.4 is 0 Å². The average molecular weight is 363 g/mol. The normalized spacial score (nSPS) is 17.3. The summed E-state index contributed by atoms with van der Waals surface area (Å²) in [6, 6.07) is 4.65. The number of ether oxygens (including phenoxy) is 1. The number of carboxylic acid groups (broad SMARTS) is 1. The topological polar surface area (TPSA) is 106 Å². The predicted octanol–water partition coefficient (Wildman–Crippen LogP) is 1.43. The van der Waals surface area contributed by atoms with Gasteiger partial charge < -0.3 is 19.3 Å². The van der Waals surface area contributed by atoms with Crippen molar-refractivity contribution < 1.29 is 28.3 Å². The summed E-state index contributed by atoms with van der Waals surface area (Å²) in [6.45, 7) is 2.21. The first-order valence-electron chi connectivity index (χ1n) is 8.15. The molecule has 1 saturated heterocycles. The third-order valence-electron chi connectivity index (χ3n) is 4.15. The molecule has 0 radical (unpaired) electrons. The minimum atomic E-state index is -1.09. The van der Waals surface area contributed by atoms with Crippen molar-refractivity contribution in [3.05, 3.63) is 35.5 Å². The predicted molar refractivity (Wildman–Crippen MR) is 86.7 cm³/mol. The smallest absolute Gasteiger partial charge is 0.334 e. The Hall–Kier alpha value is -2.81. The molecule has 3 rings (SSSR count). The van der Waals surface area contributed by atoms with E-state index in [1.165, 1.54) is 11.0 Å². The van der Waals surface area contributed by atoms with Crippen LogP contribution in [0.3, 0.4) is 0 Å². The van der Waals surface area contributed by atoms with Gasteiger partial charge in [-0.25, -0.2) is 9.18 Å². The second-order valence-corrected chi connectivity index (χ2v) is 6.01. The number of aromatic nitrogens is 2. The number of carboxylic acids is 1. The highest BCUT2D eigenvalue weighted by Gasteiger charge is 2.28. The lowest BCUT2D eigenvalue weighted by atomic mass is 10.1. The first-order chi connectivity index (χ1) is 12.4. The van der Waals surface area contributed by atoms with Crippen LogP contribution in [0.2, 0.25) is 0 Å². The van der Waals surface area contributed by atoms with Crippen molar-refractivity contribution in [2.45, 2.75) is 25.9 Å². The van der Waals surface area contributed by atoms with E-state index < -0.39 is 12.1 Å². The van der Waals surface area contributed by atoms with Crippen LogP contribution in [0.4, 0.5) is 4.39 Å². The van der Waals surface area contributed by atoms with Gasteiger partial charge in [0.25, 0.3) is 0 Å². The van der Waals surface area contributed by atoms with Crippen LogP contribution in [0, 0.1) is 12.7 Å². The average Bonchev–Trinajstić information content (AvgIpc) is 3.11. The minimum Gasteiger partial charge on any atom is -0.479 e. The second-order valence-electron chi connectivity index (χ2n) is 6.01. The van der Waals surface area contributed by atoms with E-state index in [1.54, 1.807) is 19.1 Å². The molecule has 138 valence electrons. The molecule has 1 aliphatic heterocycles. The Balaban J connectivity index is 1.58. The second kappa shape index (κ2) is 7.61. The van der Waals surface area contributed by atoms with Crippen LogP contribution >= 0.6 is 0 Å². The summed E-state index contributed by atoms with van der Waals surface area (Å²) in [5, 5.41) is 12.8. The van der Waals surface area contributed by atoms with Gasteiger partial charge in [0.05, 0.1) is 13.2 Å². The summed E-state index contributed by atoms with van der Waals surface area (Å²) in [5.41, 5.74) is 1.01. The van der Waals surface area contributed by atoms with Gasteiger partial charge in [0.2, 0.25) is 17.6 Å². The monoisotopic (exact) mass is 363 g/mol. The van der Waals surface area contributed by atoms with Crippen LogP contribution in [0.1, 0.15) is 17.9 Å². The molecule has 2 aromatic rings. The van der Waals surface area contributed by atoms with E-state index in [0.29, 0.717) is 17.7 Å². The molecule has 1 N–H and O–H groups in total. The number of benzene rings is 1. The van der Waals surface area contributed by atoms with Crippen LogP contribution in [0.25, 0.3) is 11.4 Å². The fourth-order valence-corrected chi connectivity index (χ4v) is 2.60. The first-order valence-corrected chi connectivity index (χ1v) is 8.15. The van der Waals surface area contributed by atoms with Crippen molar-refractivity contribution in [1.29, 1.82) is 0 Å². The van der Waals surface area contributed by atoms with Crippen LogP contribution in [0.5, 0.6) is 0 Å². The molecule has 1 aromatic carbocycles. The van der Waals surface area contributed by atoms with E-state index in [-0.39, 0.29) is 49.4 Å². The van der Waals surface area contributed by atoms with Gasteiger partial charge in [-0.3, -0.25) is 4.79 Å². The molecule has 0 spiro atoms. The van der Waals surface area contributed by atoms with Gasteiger partial charge in [-0.05, 0) is 18.6 Å². The zero-order chi connectivity index (χ0) is 18.7. The van der Waals surface area contributed by atoms with E-state index in [1.807, 2.05) is 0 Å². The Bertz CT molecular complexity index is 822. The Morgan fingerprint density at radius 3 is 2.96 bits per heavy atom. The van der Waals surface area contributed by atoms with E-state index in [4.69, 9.17) is 14.4 Å². The van der Waals surface area contributed by atoms with Crippen molar-refractivity contribution in [3.63, 3.8) is 0 Å². The van der Waals surface area contributed by atoms with Crippen molar-refractivity contribution in [2.24, 2.45) is 0 Å². The summed E-state index contributed by atoms with van der Waals surface area (Å²) < 4.78 is 23.8. The number of hydrogen-bond donors (Lipinski definition) is 1. The fourth-order valence-electron chi connectivity index (χ4n) is 2.60. The van der Waals surface area contributed by atoms with Crippen LogP contribution in [0.15, 0.2) is 22.7 Å². The molecule has 2 heterocycles. The van der Waals surface area contributed by atoms with Crippen molar-refractivity contribution in [1.82, 2.24) is 15.0 Å². The standard InChI is InChI=1S/C17H18FN3O5/c1-10-2-3-11(8-12(10)18)16-19-14(26-20-16)4-5-15(22)21-6-7-25-13(9-21)17(23)24/h2-3,8,13H,4-7,9H2,1H3,(H,23,24)/t13-/m0/s1. The summed E-state index contributed by atoms with van der Waals surface area (Å²) in [6.07, 6.45) is -0.676. The molecule has 0 aliphatic carbocycles. The number of carbonyl (C=O) groups is 2. The summed E-state index contributed by atoms with van der Waals surface area (Å²) in [4.78, 5) is 28.8. The van der Waals surface area contributed by atoms with Gasteiger partial charge in [0.1, 0.15) is 5.82 Å². The maximum atomic E-state index is 13.6. The van der Waals surface area contributed by atoms with Crippen molar-refractivity contribution in [3.8, 4) is 11.4 Å². The van der Waals surface area contributed by atoms with Crippen molar-refractivity contribution >= 4 is 11.9 Å². The summed E-state index contributed by atoms with van der Waals surface area (Å²) in [7, 11) is 0. The first kappa shape index (κ1) is 18.0. The molecule has 0 unspecified atom stereocenters. The maximum absolute atomic E-state index is 13.6. The highest BCUT2D eigenvalue weighted by Crippen LogP contribution is 2.19. The molecular formula is C17H18FN3O5. The molecule has 8 nitrogen and oxygen atoms in total. The molecule has 9 heteroatoms. The van der Waals surface area contributed by atoms with Gasteiger partial charge in [-0.15, -0.1) is 0 Å². The van der Waals surface area contributed by atoms with Crippen LogP contribution in [-0.4, -0.2) is 57.8 Å². The molecule has 1 aromatic heterocycles. The lowest BCUT2D eigenvalue weighted by Gasteiger charge is -2.30. The molecule has 0 bridgehead atoms. The van der Waals surface area contributed by atoms with E-state index >= 15 is 0 Å². The number of aliphatic carboxylic acids is 1. The molecule has 0 saturated carbocycles. The molecule has 1 amide bonds. The third-order valence-corrected chi connectivity index (χ3v) is 4.15. The van der Waals surface area contributed by atoms with Gasteiger partial charge in [-0.1, -0.05) is 17.3 Å². The highest BCUT2D eigenvalue weighted by atomic mass is 19.1. The Labute approximate surface area is 148 Å². The molecular weight excluding hydrogens is 345 g/mol. The lowest BCUT2D eigenvalue weighted by Crippen LogP contribution is -2.48. The lowest BCUT2D eigenvalue weighted by molar-refractivity contribution is -0.159. The number of carbonyl (C=O) groups excluding carboxylic acids is 1. The van der Waals surface area contributed by atoms with E-state index in [9.17, 15) is 14.0 Å². The van der Waals surface area contributed by atoms with Gasteiger partial charge in [-0.2, -0.15) is 4.98 Å². The minimum absolute atomic E-state index is 0.0197. The third kappa shape index (κ3) is 4.05. The SMILES string of the molecule is Cc1ccc(-c2noc(CCC(=O)N3CCO[C@H](C(=O)O)C3)n2)cc1F. The number of morpholine rings is 1. The van der Waals surface area contributed by atoms with E-state index in [2.05, 4.69) is 10.1 Å². The Kier molecular flexibility index (Phi) is 5.27. The maximum Gasteiger partial charge on any atom is 0.334 e. The molecule has 1 atom stereocenters. The van der Waals surface area contributed by atoms with Crippen LogP contribution in [-0.2, 0) is 20.7 Å². The molecule has 1 aliphatic rings. The number of hydrogen-bond acceptors (Lipinski definition) is 6. The van der Waals surface area contributed by atoms with Gasteiger partial charge >= 0.3 is 5.97 Å². The number of amides is 1. The number of nitrogens with zero attached hydrogens (tertiary/aromatic N) is 3. The number of aryl methyl sites for hydroxylation is 2. The number of rotatable bonds is 5. The van der Waals surface area contributed by atoms with E-state index in [0.717, 1.165) is 0 Å². The Morgan fingerprint density at radius 1 is 1.42 bits per heavy atom. The summed E-state index contributed by atoms with van der Waals surface area (Å²) >= 11 is 0. The largest absolute Gasteiger partial charge is 0.479 e. The van der Waals surface area contributed by atoms with Gasteiger partial charge in [0, 0.05) is 24.9 Å². The summed E-state index contributed by atoms with van der Waals surface area (Å²) in [5.74, 6) is -1.14. The fraction of sp³-hybridized carbons (Fsp3) is 0.412. The highest BCUT2D eigenvalue weighted by molar-refractivity contribution is 5.78. The van der Waals surface area contributed by atoms with Crippen molar-refractivity contribution in [2.75, 3.05) is 19.7 Å². The number of halogens is 1. The molecule has 1 fully saturated rings. The molecule has 26 heavy (non-hydrogen) atoms. The zero-order valence-corrected chi connectivity index (χ0v) is 14.1. The zero-order valence-electron chi connectivity index (χ0n) is 14.1. The Morgan fingerprint density at radius 2 is 2.23 bits per heavy atom.